The first-order valence-electron chi connectivity index (χ1n) is 39.3. The van der Waals surface area contributed by atoms with Crippen LogP contribution < -0.4 is 0 Å². The summed E-state index contributed by atoms with van der Waals surface area (Å²) in [6, 6.07) is 0. The van der Waals surface area contributed by atoms with Crippen molar-refractivity contribution in [3.05, 3.63) is 0 Å². The molecule has 16 saturated carbocycles. The largest absolute Gasteiger partial charge is 0.456 e. The van der Waals surface area contributed by atoms with Gasteiger partial charge in [0.1, 0.15) is 22.4 Å². The predicted octanol–water partition coefficient (Wildman–Crippen LogP) is 16.9. The molecule has 16 aliphatic carbocycles. The highest BCUT2D eigenvalue weighted by atomic mass is 16.6. The zero-order valence-electron chi connectivity index (χ0n) is 64.4. The maximum atomic E-state index is 12.7. The summed E-state index contributed by atoms with van der Waals surface area (Å²) in [4.78, 5) is 98.3. The number of ether oxygens (including phenoxy) is 8. The second kappa shape index (κ2) is 29.8. The zero-order chi connectivity index (χ0) is 72.1. The number of hydrogen-bond acceptors (Lipinski definition) is 16. The zero-order valence-corrected chi connectivity index (χ0v) is 64.4. The standard InChI is InChI=1S/C22H36O4.C21H34O4.C20H32O4.C19H30O4/c1-7-21(5,6)19(24)25-13-18(23)26-22(20(2,3)4)16-9-14-8-15(11-16)12-17(22)10-14;1-6-20(4,5)19(23)24-12-18(22)25-21(13(2)3)16-8-14-7-15(10-16)11-17(21)9-14;1-5-19(3,4)18(22)23-12-17(21)24-20(6-2)15-8-13-7-14(10-15)11-16(20)9-13;1-5-18(2,3)17(21)22-11-16(20)23-19(4)14-7-12-6-13(9-14)10-15(19)8-12/h14-17H,7-13H2,1-6H3;13-17H,6-12H2,1-5H3;13-16H,5-12H2,1-4H3;12-15H,5-11H2,1-4H3. The summed E-state index contributed by atoms with van der Waals surface area (Å²) >= 11 is 0. The minimum absolute atomic E-state index is 0.113. The normalized spacial score (nSPS) is 37.1. The van der Waals surface area contributed by atoms with Crippen LogP contribution in [0.15, 0.2) is 0 Å². The monoisotopic (exact) mass is 1370 g/mol. The number of carbonyl (C=O) groups is 8. The molecule has 98 heavy (non-hydrogen) atoms. The number of esters is 8. The summed E-state index contributed by atoms with van der Waals surface area (Å²) in [5.74, 6) is 7.99. The van der Waals surface area contributed by atoms with E-state index in [9.17, 15) is 38.4 Å². The quantitative estimate of drug-likeness (QED) is 0.0729. The minimum Gasteiger partial charge on any atom is -0.456 e. The van der Waals surface area contributed by atoms with Crippen molar-refractivity contribution in [2.24, 2.45) is 128 Å². The average molecular weight is 1370 g/mol. The highest BCUT2D eigenvalue weighted by Crippen LogP contribution is 2.66. The molecule has 0 saturated heterocycles. The Morgan fingerprint density at radius 3 is 0.837 bits per heavy atom. The fourth-order valence-corrected chi connectivity index (χ4v) is 22.5. The van der Waals surface area contributed by atoms with Crippen molar-refractivity contribution < 1.29 is 76.3 Å². The van der Waals surface area contributed by atoms with Crippen molar-refractivity contribution in [3.8, 4) is 0 Å². The lowest BCUT2D eigenvalue weighted by atomic mass is 9.45. The maximum absolute atomic E-state index is 12.7. The molecule has 16 aliphatic rings. The third-order valence-electron chi connectivity index (χ3n) is 28.9. The van der Waals surface area contributed by atoms with Gasteiger partial charge in [0, 0.05) is 17.3 Å². The Labute approximate surface area is 589 Å². The molecule has 16 bridgehead atoms. The molecule has 0 unspecified atom stereocenters. The van der Waals surface area contributed by atoms with E-state index >= 15 is 0 Å². The van der Waals surface area contributed by atoms with Gasteiger partial charge in [-0.1, -0.05) is 69.2 Å². The van der Waals surface area contributed by atoms with Crippen LogP contribution in [-0.2, 0) is 76.3 Å². The van der Waals surface area contributed by atoms with Crippen molar-refractivity contribution in [1.82, 2.24) is 0 Å². The Bertz CT molecular complexity index is 2750. The van der Waals surface area contributed by atoms with Gasteiger partial charge in [-0.3, -0.25) is 19.2 Å². The van der Waals surface area contributed by atoms with Gasteiger partial charge in [0.15, 0.2) is 26.4 Å². The van der Waals surface area contributed by atoms with Crippen molar-refractivity contribution in [1.29, 1.82) is 0 Å². The fraction of sp³-hybridized carbons (Fsp3) is 0.902. The van der Waals surface area contributed by atoms with Gasteiger partial charge in [-0.05, 0) is 312 Å². The molecule has 0 aromatic rings. The molecule has 556 valence electrons. The highest BCUT2D eigenvalue weighted by molar-refractivity contribution is 5.82. The van der Waals surface area contributed by atoms with E-state index in [-0.39, 0.29) is 96.4 Å². The fourth-order valence-electron chi connectivity index (χ4n) is 22.5. The molecule has 0 aromatic heterocycles. The Balaban J connectivity index is 0.000000153. The SMILES string of the molecule is CCC(C)(C)C(=O)OCC(=O)OC1(C(C)(C)C)C2CC3CC(C2)CC1C3.CCC(C)(C)C(=O)OCC(=O)OC1(C(C)C)C2CC3CC(C2)CC1C3.CCC(C)(C)C(=O)OCC(=O)OC1(C)C2CC3CC(C2)CC1C3.CCC(C)(C)C(=O)OCC(=O)OC1(CC)C2CC3CC(C2)CC1C3. The first-order chi connectivity index (χ1) is 45.7. The van der Waals surface area contributed by atoms with Crippen LogP contribution in [0.2, 0.25) is 0 Å². The molecule has 0 amide bonds. The Morgan fingerprint density at radius 1 is 0.327 bits per heavy atom. The lowest BCUT2D eigenvalue weighted by molar-refractivity contribution is -0.246. The van der Waals surface area contributed by atoms with Crippen LogP contribution in [0.4, 0.5) is 0 Å². The summed E-state index contributed by atoms with van der Waals surface area (Å²) in [5, 5.41) is 0. The van der Waals surface area contributed by atoms with Crippen LogP contribution >= 0.6 is 0 Å². The lowest BCUT2D eigenvalue weighted by Crippen LogP contribution is -2.65. The van der Waals surface area contributed by atoms with Gasteiger partial charge < -0.3 is 37.9 Å². The maximum Gasteiger partial charge on any atom is 0.344 e. The molecule has 0 aliphatic heterocycles. The molecule has 0 atom stereocenters. The Kier molecular flexibility index (Phi) is 23.7. The molecular formula is C82H132O16. The third kappa shape index (κ3) is 15.9. The molecule has 16 nitrogen and oxygen atoms in total. The van der Waals surface area contributed by atoms with E-state index in [2.05, 4.69) is 48.5 Å². The summed E-state index contributed by atoms with van der Waals surface area (Å²) in [6.45, 7) is 36.7. The highest BCUT2D eigenvalue weighted by Gasteiger charge is 2.66. The summed E-state index contributed by atoms with van der Waals surface area (Å²) < 4.78 is 45.3. The van der Waals surface area contributed by atoms with Crippen LogP contribution in [0.5, 0.6) is 0 Å². The lowest BCUT2D eigenvalue weighted by Gasteiger charge is -2.64. The summed E-state index contributed by atoms with van der Waals surface area (Å²) in [6.07, 6.45) is 28.2. The van der Waals surface area contributed by atoms with Gasteiger partial charge in [0.05, 0.1) is 21.7 Å². The van der Waals surface area contributed by atoms with E-state index in [1.807, 2.05) is 83.1 Å². The van der Waals surface area contributed by atoms with E-state index in [0.29, 0.717) is 78.9 Å². The van der Waals surface area contributed by atoms with Crippen LogP contribution in [0.25, 0.3) is 0 Å². The summed E-state index contributed by atoms with van der Waals surface area (Å²) in [7, 11) is 0. The molecule has 0 spiro atoms. The Hall–Kier alpha value is -4.24. The molecule has 0 aromatic carbocycles. The molecule has 0 N–H and O–H groups in total. The molecule has 16 heteroatoms. The van der Waals surface area contributed by atoms with Crippen molar-refractivity contribution in [2.45, 2.75) is 314 Å². The first kappa shape index (κ1) is 77.9. The van der Waals surface area contributed by atoms with Crippen LogP contribution in [-0.4, -0.2) is 96.6 Å². The second-order valence-electron chi connectivity index (χ2n) is 37.9. The molecule has 16 fully saturated rings. The predicted molar refractivity (Wildman–Crippen MR) is 374 cm³/mol. The third-order valence-corrected chi connectivity index (χ3v) is 28.9. The molecule has 16 rings (SSSR count). The van der Waals surface area contributed by atoms with E-state index in [0.717, 1.165) is 53.8 Å². The smallest absolute Gasteiger partial charge is 0.344 e. The summed E-state index contributed by atoms with van der Waals surface area (Å²) in [5.41, 5.74) is -3.75. The van der Waals surface area contributed by atoms with Gasteiger partial charge in [0.2, 0.25) is 0 Å². The van der Waals surface area contributed by atoms with E-state index in [1.54, 1.807) is 0 Å². The minimum atomic E-state index is -0.565. The first-order valence-corrected chi connectivity index (χ1v) is 39.3. The van der Waals surface area contributed by atoms with Crippen LogP contribution in [0.1, 0.15) is 292 Å². The molecule has 0 heterocycles. The van der Waals surface area contributed by atoms with Gasteiger partial charge in [-0.15, -0.1) is 0 Å². The van der Waals surface area contributed by atoms with E-state index in [4.69, 9.17) is 37.9 Å². The van der Waals surface area contributed by atoms with Crippen molar-refractivity contribution >= 4 is 47.8 Å². The second-order valence-corrected chi connectivity index (χ2v) is 37.9. The molecular weight excluding hydrogens is 1240 g/mol. The van der Waals surface area contributed by atoms with Crippen LogP contribution in [0.3, 0.4) is 0 Å². The van der Waals surface area contributed by atoms with Gasteiger partial charge in [-0.25, -0.2) is 19.2 Å². The molecule has 0 radical (unpaired) electrons. The van der Waals surface area contributed by atoms with E-state index < -0.39 is 27.3 Å². The number of rotatable bonds is 22. The number of carbonyl (C=O) groups excluding carboxylic acids is 8. The van der Waals surface area contributed by atoms with Gasteiger partial charge in [-0.2, -0.15) is 0 Å². The van der Waals surface area contributed by atoms with E-state index in [1.165, 1.54) is 128 Å². The van der Waals surface area contributed by atoms with Crippen LogP contribution in [0, 0.1) is 128 Å². The topological polar surface area (TPSA) is 210 Å². The number of hydrogen-bond donors (Lipinski definition) is 0. The van der Waals surface area contributed by atoms with Crippen molar-refractivity contribution in [2.75, 3.05) is 26.4 Å². The Morgan fingerprint density at radius 2 is 0.571 bits per heavy atom. The van der Waals surface area contributed by atoms with Gasteiger partial charge in [0.25, 0.3) is 0 Å². The van der Waals surface area contributed by atoms with Crippen molar-refractivity contribution in [3.63, 3.8) is 0 Å². The van der Waals surface area contributed by atoms with Gasteiger partial charge >= 0.3 is 47.8 Å². The average Bonchev–Trinajstić information content (AvgIpc) is 0.721.